The summed E-state index contributed by atoms with van der Waals surface area (Å²) in [6, 6.07) is 21.2. The summed E-state index contributed by atoms with van der Waals surface area (Å²) in [6.07, 6.45) is -0.229. The van der Waals surface area contributed by atoms with E-state index in [4.69, 9.17) is 0 Å². The molecule has 0 unspecified atom stereocenters. The molecule has 4 rings (SSSR count). The van der Waals surface area contributed by atoms with Crippen molar-refractivity contribution in [3.63, 3.8) is 0 Å². The highest BCUT2D eigenvalue weighted by molar-refractivity contribution is 6.06. The summed E-state index contributed by atoms with van der Waals surface area (Å²) in [4.78, 5) is 78.6. The van der Waals surface area contributed by atoms with Crippen LogP contribution in [0.15, 0.2) is 91.0 Å². The fourth-order valence-corrected chi connectivity index (χ4v) is 6.48. The minimum absolute atomic E-state index is 0.0763. The average molecular weight is 820 g/mol. The first-order valence-electron chi connectivity index (χ1n) is 19.9. The summed E-state index contributed by atoms with van der Waals surface area (Å²) >= 11 is 0. The van der Waals surface area contributed by atoms with E-state index in [1.165, 1.54) is 0 Å². The summed E-state index contributed by atoms with van der Waals surface area (Å²) in [7, 11) is 0. The van der Waals surface area contributed by atoms with Crippen LogP contribution in [0.5, 0.6) is 0 Å². The van der Waals surface area contributed by atoms with E-state index in [1.54, 1.807) is 36.4 Å². The Morgan fingerprint density at radius 1 is 0.400 bits per heavy atom. The lowest BCUT2D eigenvalue weighted by Gasteiger charge is -2.21. The summed E-state index contributed by atoms with van der Waals surface area (Å²) < 4.78 is 0. The van der Waals surface area contributed by atoms with Crippen molar-refractivity contribution in [1.29, 1.82) is 0 Å². The van der Waals surface area contributed by atoms with Crippen molar-refractivity contribution in [2.75, 3.05) is 0 Å². The number of rotatable bonds is 15. The van der Waals surface area contributed by atoms with Crippen LogP contribution in [0.4, 0.5) is 0 Å². The van der Waals surface area contributed by atoms with Gasteiger partial charge in [-0.15, -0.1) is 0 Å². The highest BCUT2D eigenvalue weighted by atomic mass is 16.4. The maximum absolute atomic E-state index is 13.8. The number of hydrogen-bond acceptors (Lipinski definition) is 6. The van der Waals surface area contributed by atoms with Crippen molar-refractivity contribution in [3.8, 4) is 0 Å². The molecule has 0 saturated heterocycles. The smallest absolute Gasteiger partial charge is 0.326 e. The van der Waals surface area contributed by atoms with E-state index >= 15 is 0 Å². The molecule has 0 heterocycles. The Hall–Kier alpha value is -6.30. The van der Waals surface area contributed by atoms with E-state index in [-0.39, 0.29) is 52.2 Å². The van der Waals surface area contributed by atoms with Crippen molar-refractivity contribution >= 4 is 35.6 Å². The highest BCUT2D eigenvalue weighted by Gasteiger charge is 2.28. The van der Waals surface area contributed by atoms with Gasteiger partial charge < -0.3 is 31.3 Å². The minimum Gasteiger partial charge on any atom is -0.480 e. The summed E-state index contributed by atoms with van der Waals surface area (Å²) in [6.45, 7) is 18.4. The predicted molar refractivity (Wildman–Crippen MR) is 230 cm³/mol. The van der Waals surface area contributed by atoms with Crippen LogP contribution < -0.4 is 16.0 Å². The SMILES string of the molecule is CC(C)(C)c1ccc(C[C@H](NC(=O)c2cc(C(=O)N[C@@H](Cc3ccc(C(C)(C)C)cc3)C(=O)O)cc(C(=O)N[C@@H](Cc3ccc(C(C)(C)C)cc3)C(=O)O)c2)C(=O)O)cc1. The van der Waals surface area contributed by atoms with Gasteiger partial charge in [0.15, 0.2) is 0 Å². The van der Waals surface area contributed by atoms with Gasteiger partial charge in [0.05, 0.1) is 0 Å². The maximum Gasteiger partial charge on any atom is 0.326 e. The third-order valence-corrected chi connectivity index (χ3v) is 10.3. The number of carboxylic acids is 3. The number of benzene rings is 4. The van der Waals surface area contributed by atoms with Crippen LogP contribution >= 0.6 is 0 Å². The van der Waals surface area contributed by atoms with Crippen molar-refractivity contribution in [3.05, 3.63) is 141 Å². The molecule has 6 N–H and O–H groups in total. The van der Waals surface area contributed by atoms with E-state index in [2.05, 4.69) is 16.0 Å². The Kier molecular flexibility index (Phi) is 14.5. The molecule has 4 aromatic rings. The first-order valence-corrected chi connectivity index (χ1v) is 19.9. The number of carbonyl (C=O) groups excluding carboxylic acids is 3. The van der Waals surface area contributed by atoms with Crippen molar-refractivity contribution < 1.29 is 44.1 Å². The second-order valence-corrected chi connectivity index (χ2v) is 18.3. The third kappa shape index (κ3) is 12.8. The third-order valence-electron chi connectivity index (χ3n) is 10.3. The first-order chi connectivity index (χ1) is 27.8. The van der Waals surface area contributed by atoms with Crippen LogP contribution in [0.25, 0.3) is 0 Å². The highest BCUT2D eigenvalue weighted by Crippen LogP contribution is 2.25. The molecular formula is C48H57N3O9. The minimum atomic E-state index is -1.41. The second-order valence-electron chi connectivity index (χ2n) is 18.3. The van der Waals surface area contributed by atoms with Gasteiger partial charge in [-0.3, -0.25) is 14.4 Å². The maximum atomic E-state index is 13.8. The predicted octanol–water partition coefficient (Wildman–Crippen LogP) is 6.86. The van der Waals surface area contributed by atoms with Gasteiger partial charge in [-0.2, -0.15) is 0 Å². The Morgan fingerprint density at radius 3 is 0.767 bits per heavy atom. The molecule has 0 aliphatic rings. The lowest BCUT2D eigenvalue weighted by atomic mass is 9.86. The van der Waals surface area contributed by atoms with Gasteiger partial charge in [-0.25, -0.2) is 14.4 Å². The molecule has 0 saturated carbocycles. The quantitative estimate of drug-likeness (QED) is 0.0742. The van der Waals surface area contributed by atoms with E-state index in [0.29, 0.717) is 16.7 Å². The van der Waals surface area contributed by atoms with Crippen molar-refractivity contribution in [2.24, 2.45) is 0 Å². The molecular weight excluding hydrogens is 763 g/mol. The molecule has 12 heteroatoms. The zero-order valence-electron chi connectivity index (χ0n) is 35.8. The number of aliphatic carboxylic acids is 3. The Balaban J connectivity index is 1.66. The molecule has 0 aliphatic heterocycles. The van der Waals surface area contributed by atoms with Gasteiger partial charge >= 0.3 is 17.9 Å². The number of carbonyl (C=O) groups is 6. The molecule has 0 spiro atoms. The molecule has 12 nitrogen and oxygen atoms in total. The number of amides is 3. The molecule has 0 radical (unpaired) electrons. The van der Waals surface area contributed by atoms with Crippen molar-refractivity contribution in [1.82, 2.24) is 16.0 Å². The molecule has 0 aromatic heterocycles. The lowest BCUT2D eigenvalue weighted by Crippen LogP contribution is -2.44. The molecule has 3 atom stereocenters. The molecule has 3 amide bonds. The molecule has 0 bridgehead atoms. The molecule has 0 aliphatic carbocycles. The largest absolute Gasteiger partial charge is 0.480 e. The van der Waals surface area contributed by atoms with Crippen LogP contribution in [0.3, 0.4) is 0 Å². The average Bonchev–Trinajstić information content (AvgIpc) is 3.16. The van der Waals surface area contributed by atoms with E-state index in [0.717, 1.165) is 34.9 Å². The fourth-order valence-electron chi connectivity index (χ4n) is 6.48. The monoisotopic (exact) mass is 819 g/mol. The number of carboxylic acid groups (broad SMARTS) is 3. The van der Waals surface area contributed by atoms with Crippen LogP contribution in [0.1, 0.15) is 127 Å². The molecule has 60 heavy (non-hydrogen) atoms. The normalized spacial score (nSPS) is 13.3. The molecule has 4 aromatic carbocycles. The standard InChI is InChI=1S/C48H57N3O9/c1-46(2,3)34-16-10-28(11-17-34)22-37(43(55)56)49-40(52)31-25-32(41(53)50-38(44(57)58)23-29-12-18-35(19-13-29)47(4,5)6)27-33(26-31)42(54)51-39(45(59)60)24-30-14-20-36(21-15-30)48(7,8)9/h10-21,25-27,37-39H,22-24H2,1-9H3,(H,49,52)(H,50,53)(H,51,54)(H,55,56)(H,57,58)(H,59,60)/t37-,38-,39-/m0/s1. The van der Waals surface area contributed by atoms with Gasteiger partial charge in [0.2, 0.25) is 0 Å². The zero-order valence-corrected chi connectivity index (χ0v) is 35.8. The molecule has 318 valence electrons. The van der Waals surface area contributed by atoms with E-state index < -0.39 is 53.8 Å². The Morgan fingerprint density at radius 2 is 0.600 bits per heavy atom. The number of nitrogens with one attached hydrogen (secondary N) is 3. The van der Waals surface area contributed by atoms with E-state index in [9.17, 15) is 44.1 Å². The van der Waals surface area contributed by atoms with Gasteiger partial charge in [-0.05, 0) is 67.8 Å². The lowest BCUT2D eigenvalue weighted by molar-refractivity contribution is -0.140. The summed E-state index contributed by atoms with van der Waals surface area (Å²) in [5.74, 6) is -6.76. The Labute approximate surface area is 351 Å². The zero-order chi connectivity index (χ0) is 44.7. The van der Waals surface area contributed by atoms with Crippen molar-refractivity contribution in [2.45, 2.75) is 116 Å². The van der Waals surface area contributed by atoms with Gasteiger partial charge in [-0.1, -0.05) is 135 Å². The second kappa shape index (κ2) is 18.7. The van der Waals surface area contributed by atoms with Gasteiger partial charge in [0.1, 0.15) is 18.1 Å². The fraction of sp³-hybridized carbons (Fsp3) is 0.375. The summed E-state index contributed by atoms with van der Waals surface area (Å²) in [5.41, 5.74) is 3.79. The van der Waals surface area contributed by atoms with Crippen LogP contribution in [-0.2, 0) is 49.9 Å². The topological polar surface area (TPSA) is 199 Å². The van der Waals surface area contributed by atoms with Crippen LogP contribution in [0.2, 0.25) is 0 Å². The van der Waals surface area contributed by atoms with Crippen LogP contribution in [0, 0.1) is 0 Å². The van der Waals surface area contributed by atoms with E-state index in [1.807, 2.05) is 98.7 Å². The Bertz CT molecular complexity index is 1940. The van der Waals surface area contributed by atoms with Gasteiger partial charge in [0, 0.05) is 36.0 Å². The van der Waals surface area contributed by atoms with Gasteiger partial charge in [0.25, 0.3) is 17.7 Å². The summed E-state index contributed by atoms with van der Waals surface area (Å²) in [5, 5.41) is 37.7. The van der Waals surface area contributed by atoms with Crippen LogP contribution in [-0.4, -0.2) is 69.1 Å². The first kappa shape index (κ1) is 46.4. The number of hydrogen-bond donors (Lipinski definition) is 6. The molecule has 0 fully saturated rings.